The fourth-order valence-electron chi connectivity index (χ4n) is 5.67. The lowest BCUT2D eigenvalue weighted by Crippen LogP contribution is -2.38. The molecule has 3 aliphatic carbocycles. The second kappa shape index (κ2) is 11.5. The van der Waals surface area contributed by atoms with Crippen molar-refractivity contribution < 1.29 is 31.9 Å². The molecule has 0 aromatic carbocycles. The lowest BCUT2D eigenvalue weighted by molar-refractivity contribution is -0.124. The van der Waals surface area contributed by atoms with Crippen LogP contribution in [0.1, 0.15) is 58.9 Å². The number of nitrogens with one attached hydrogen (secondary N) is 3. The van der Waals surface area contributed by atoms with Crippen molar-refractivity contribution in [3.63, 3.8) is 0 Å². The van der Waals surface area contributed by atoms with Gasteiger partial charge in [-0.25, -0.2) is 13.5 Å². The third kappa shape index (κ3) is 5.80. The number of rotatable bonds is 10. The van der Waals surface area contributed by atoms with Crippen LogP contribution in [0.4, 0.5) is 34.3 Å². The van der Waals surface area contributed by atoms with Gasteiger partial charge in [-0.2, -0.15) is 8.78 Å². The number of halogens is 4. The number of ether oxygens (including phenoxy) is 1. The maximum atomic E-state index is 13.5. The van der Waals surface area contributed by atoms with Crippen molar-refractivity contribution in [3.05, 3.63) is 28.4 Å². The predicted octanol–water partition coefficient (Wildman–Crippen LogP) is 4.31. The third-order valence-electron chi connectivity index (χ3n) is 8.15. The van der Waals surface area contributed by atoms with Crippen molar-refractivity contribution in [3.8, 4) is 5.88 Å². The molecule has 3 aromatic heterocycles. The Morgan fingerprint density at radius 2 is 1.95 bits per heavy atom. The number of thiophene rings is 1. The highest BCUT2D eigenvalue weighted by atomic mass is 32.1. The minimum atomic E-state index is -3.01. The van der Waals surface area contributed by atoms with Gasteiger partial charge >= 0.3 is 6.61 Å². The molecule has 0 radical (unpaired) electrons. The van der Waals surface area contributed by atoms with Gasteiger partial charge in [-0.15, -0.1) is 26.6 Å². The molecule has 1 atom stereocenters. The summed E-state index contributed by atoms with van der Waals surface area (Å²) in [5.41, 5.74) is 1.18. The van der Waals surface area contributed by atoms with E-state index in [2.05, 4.69) is 36.0 Å². The van der Waals surface area contributed by atoms with E-state index in [0.717, 1.165) is 10.4 Å². The molecular formula is C26H30F4N8O3S. The van der Waals surface area contributed by atoms with Gasteiger partial charge in [0.2, 0.25) is 17.7 Å². The van der Waals surface area contributed by atoms with Crippen LogP contribution in [0.2, 0.25) is 0 Å². The molecule has 3 aromatic rings. The molecule has 3 N–H and O–H groups in total. The van der Waals surface area contributed by atoms with Gasteiger partial charge in [0, 0.05) is 36.5 Å². The van der Waals surface area contributed by atoms with E-state index in [4.69, 9.17) is 0 Å². The van der Waals surface area contributed by atoms with Crippen molar-refractivity contribution in [1.29, 1.82) is 0 Å². The van der Waals surface area contributed by atoms with Crippen molar-refractivity contribution in [2.24, 2.45) is 18.9 Å². The van der Waals surface area contributed by atoms with Gasteiger partial charge in [0.1, 0.15) is 29.5 Å². The van der Waals surface area contributed by atoms with Crippen LogP contribution < -0.4 is 20.7 Å². The number of aryl methyl sites for hydroxylation is 2. The first kappa shape index (κ1) is 28.4. The fourth-order valence-corrected chi connectivity index (χ4v) is 6.92. The molecule has 3 aliphatic rings. The highest BCUT2D eigenvalue weighted by molar-refractivity contribution is 7.17. The number of hydrogen-bond donors (Lipinski definition) is 3. The normalized spacial score (nSPS) is 24.9. The van der Waals surface area contributed by atoms with Gasteiger partial charge in [-0.1, -0.05) is 0 Å². The summed E-state index contributed by atoms with van der Waals surface area (Å²) >= 11 is 1.35. The van der Waals surface area contributed by atoms with E-state index in [9.17, 15) is 27.2 Å². The average Bonchev–Trinajstić information content (AvgIpc) is 3.60. The summed E-state index contributed by atoms with van der Waals surface area (Å²) in [6, 6.07) is 1.16. The maximum absolute atomic E-state index is 13.5. The number of aromatic nitrogens is 5. The zero-order valence-corrected chi connectivity index (χ0v) is 23.5. The molecule has 11 nitrogen and oxygen atoms in total. The lowest BCUT2D eigenvalue weighted by atomic mass is 9.83. The summed E-state index contributed by atoms with van der Waals surface area (Å²) in [7, 11) is 1.56. The molecule has 2 saturated carbocycles. The summed E-state index contributed by atoms with van der Waals surface area (Å²) in [6.45, 7) is -2.67. The highest BCUT2D eigenvalue weighted by Gasteiger charge is 2.37. The maximum Gasteiger partial charge on any atom is 0.388 e. The summed E-state index contributed by atoms with van der Waals surface area (Å²) in [5.74, 6) is -0.542. The van der Waals surface area contributed by atoms with Crippen LogP contribution in [0, 0.1) is 11.8 Å². The van der Waals surface area contributed by atoms with E-state index in [1.165, 1.54) is 22.1 Å². The molecule has 6 rings (SSSR count). The Morgan fingerprint density at radius 3 is 2.67 bits per heavy atom. The number of amides is 2. The molecule has 2 fully saturated rings. The van der Waals surface area contributed by atoms with Gasteiger partial charge in [-0.05, 0) is 56.4 Å². The van der Waals surface area contributed by atoms with E-state index < -0.39 is 24.9 Å². The summed E-state index contributed by atoms with van der Waals surface area (Å²) in [5, 5.41) is 21.4. The minimum Gasteiger partial charge on any atom is -0.415 e. The van der Waals surface area contributed by atoms with Gasteiger partial charge in [0.15, 0.2) is 0 Å². The van der Waals surface area contributed by atoms with Crippen LogP contribution in [0.25, 0.3) is 0 Å². The molecule has 16 heteroatoms. The smallest absolute Gasteiger partial charge is 0.388 e. The molecule has 42 heavy (non-hydrogen) atoms. The minimum absolute atomic E-state index is 0.0740. The van der Waals surface area contributed by atoms with Gasteiger partial charge in [0.05, 0.1) is 5.56 Å². The Labute approximate surface area is 242 Å². The Hall–Kier alpha value is -3.69. The van der Waals surface area contributed by atoms with Crippen molar-refractivity contribution in [2.45, 2.75) is 69.9 Å². The molecule has 0 unspecified atom stereocenters. The average molecular weight is 611 g/mol. The molecule has 0 bridgehead atoms. The summed E-state index contributed by atoms with van der Waals surface area (Å²) < 4.78 is 59.5. The number of alkyl halides is 4. The van der Waals surface area contributed by atoms with Crippen LogP contribution in [0.15, 0.2) is 12.4 Å². The van der Waals surface area contributed by atoms with Crippen LogP contribution in [0.3, 0.4) is 0 Å². The van der Waals surface area contributed by atoms with Crippen molar-refractivity contribution in [1.82, 2.24) is 29.9 Å². The SMILES string of the molecule is Cn1nc(OC(F)F)cc1Nc1nncn1[C@H]1CCc2sc(NC(=O)[C@H]3C[C@H](F)C3)c(C(=O)NC[C@H]3C[C@H](F)C3)c2C1. The lowest BCUT2D eigenvalue weighted by Gasteiger charge is -2.30. The molecule has 0 aliphatic heterocycles. The van der Waals surface area contributed by atoms with E-state index >= 15 is 0 Å². The number of fused-ring (bicyclic) bond motifs is 1. The molecular weight excluding hydrogens is 580 g/mol. The molecule has 3 heterocycles. The second-order valence-corrected chi connectivity index (χ2v) is 12.2. The van der Waals surface area contributed by atoms with Crippen molar-refractivity contribution in [2.75, 3.05) is 17.2 Å². The van der Waals surface area contributed by atoms with Crippen LogP contribution in [-0.2, 0) is 24.7 Å². The first-order chi connectivity index (χ1) is 20.1. The Balaban J connectivity index is 1.22. The Morgan fingerprint density at radius 1 is 1.19 bits per heavy atom. The topological polar surface area (TPSA) is 128 Å². The quantitative estimate of drug-likeness (QED) is 0.292. The predicted molar refractivity (Wildman–Crippen MR) is 145 cm³/mol. The molecule has 226 valence electrons. The zero-order chi connectivity index (χ0) is 29.5. The first-order valence-electron chi connectivity index (χ1n) is 13.8. The van der Waals surface area contributed by atoms with Crippen LogP contribution in [-0.4, -0.2) is 61.9 Å². The number of anilines is 3. The summed E-state index contributed by atoms with van der Waals surface area (Å²) in [6.07, 6.45) is 2.64. The van der Waals surface area contributed by atoms with E-state index in [1.807, 2.05) is 4.57 Å². The zero-order valence-electron chi connectivity index (χ0n) is 22.7. The molecule has 2 amide bonds. The van der Waals surface area contributed by atoms with Gasteiger partial charge in [0.25, 0.3) is 5.91 Å². The fraction of sp³-hybridized carbons (Fsp3) is 0.577. The van der Waals surface area contributed by atoms with E-state index in [0.29, 0.717) is 61.0 Å². The van der Waals surface area contributed by atoms with Gasteiger partial charge < -0.3 is 20.7 Å². The highest BCUT2D eigenvalue weighted by Crippen LogP contribution is 2.43. The summed E-state index contributed by atoms with van der Waals surface area (Å²) in [4.78, 5) is 27.3. The van der Waals surface area contributed by atoms with E-state index in [-0.39, 0.29) is 42.5 Å². The van der Waals surface area contributed by atoms with Crippen molar-refractivity contribution >= 4 is 39.9 Å². The standard InChI is InChI=1S/C26H30F4N8O3S/c1-37-19(9-20(36-37)41-25(29)30)33-26-35-32-11-38(26)16-2-3-18-17(8-16)21(23(40)31-10-12-4-14(27)5-12)24(42-18)34-22(39)13-6-15(28)7-13/h9,11-16,25H,2-8,10H2,1H3,(H,31,40)(H,33,35)(H,34,39)/t12-,13-,14-,15-,16-/m0/s1. The largest absolute Gasteiger partial charge is 0.415 e. The molecule has 0 spiro atoms. The Kier molecular flexibility index (Phi) is 7.81. The van der Waals surface area contributed by atoms with E-state index in [1.54, 1.807) is 13.4 Å². The monoisotopic (exact) mass is 610 g/mol. The molecule has 0 saturated heterocycles. The first-order valence-corrected chi connectivity index (χ1v) is 14.6. The third-order valence-corrected chi connectivity index (χ3v) is 9.36. The number of hydrogen-bond acceptors (Lipinski definition) is 8. The Bertz CT molecular complexity index is 1460. The second-order valence-electron chi connectivity index (χ2n) is 11.1. The number of nitrogens with zero attached hydrogens (tertiary/aromatic N) is 5. The van der Waals surface area contributed by atoms with Crippen LogP contribution in [0.5, 0.6) is 5.88 Å². The number of carbonyl (C=O) groups is 2. The van der Waals surface area contributed by atoms with Crippen LogP contribution >= 0.6 is 11.3 Å². The number of carbonyl (C=O) groups excluding carboxylic acids is 2. The van der Waals surface area contributed by atoms with Gasteiger partial charge in [-0.3, -0.25) is 14.2 Å².